The SMILES string of the molecule is CCNCc1ncoc1-c1ccc(I)cc1. The zero-order valence-corrected chi connectivity index (χ0v) is 11.2. The van der Waals surface area contributed by atoms with Crippen molar-refractivity contribution in [3.8, 4) is 11.3 Å². The lowest BCUT2D eigenvalue weighted by molar-refractivity contribution is 0.570. The normalized spacial score (nSPS) is 10.6. The quantitative estimate of drug-likeness (QED) is 0.877. The van der Waals surface area contributed by atoms with Gasteiger partial charge in [-0.1, -0.05) is 19.1 Å². The van der Waals surface area contributed by atoms with Gasteiger partial charge in [0.1, 0.15) is 5.69 Å². The van der Waals surface area contributed by atoms with Gasteiger partial charge in [0.15, 0.2) is 12.2 Å². The van der Waals surface area contributed by atoms with Gasteiger partial charge in [-0.25, -0.2) is 4.98 Å². The van der Waals surface area contributed by atoms with Gasteiger partial charge in [0.25, 0.3) is 0 Å². The lowest BCUT2D eigenvalue weighted by Gasteiger charge is -2.02. The largest absolute Gasteiger partial charge is 0.443 e. The molecule has 0 atom stereocenters. The first-order valence-corrected chi connectivity index (χ1v) is 6.28. The predicted octanol–water partition coefficient (Wildman–Crippen LogP) is 3.06. The molecule has 0 unspecified atom stereocenters. The predicted molar refractivity (Wildman–Crippen MR) is 72.0 cm³/mol. The Hall–Kier alpha value is -0.880. The molecule has 2 aromatic rings. The van der Waals surface area contributed by atoms with E-state index in [1.165, 1.54) is 9.96 Å². The fraction of sp³-hybridized carbons (Fsp3) is 0.250. The van der Waals surface area contributed by atoms with Crippen molar-refractivity contribution in [3.05, 3.63) is 39.9 Å². The molecule has 4 heteroatoms. The first-order chi connectivity index (χ1) is 7.81. The first-order valence-electron chi connectivity index (χ1n) is 5.20. The minimum absolute atomic E-state index is 0.744. The second-order valence-electron chi connectivity index (χ2n) is 3.42. The molecule has 0 bridgehead atoms. The Balaban J connectivity index is 2.26. The minimum Gasteiger partial charge on any atom is -0.443 e. The van der Waals surface area contributed by atoms with Crippen LogP contribution < -0.4 is 5.32 Å². The van der Waals surface area contributed by atoms with E-state index in [-0.39, 0.29) is 0 Å². The molecule has 0 spiro atoms. The summed E-state index contributed by atoms with van der Waals surface area (Å²) in [6.45, 7) is 3.75. The molecule has 0 aliphatic rings. The zero-order valence-electron chi connectivity index (χ0n) is 9.03. The molecule has 0 amide bonds. The van der Waals surface area contributed by atoms with Crippen LogP contribution in [0.15, 0.2) is 35.1 Å². The number of rotatable bonds is 4. The van der Waals surface area contributed by atoms with E-state index in [4.69, 9.17) is 4.42 Å². The van der Waals surface area contributed by atoms with E-state index in [1.54, 1.807) is 0 Å². The lowest BCUT2D eigenvalue weighted by atomic mass is 10.1. The Labute approximate surface area is 108 Å². The molecular formula is C12H13IN2O. The maximum absolute atomic E-state index is 5.43. The van der Waals surface area contributed by atoms with Crippen LogP contribution in [0.5, 0.6) is 0 Å². The van der Waals surface area contributed by atoms with Crippen LogP contribution in [0.2, 0.25) is 0 Å². The van der Waals surface area contributed by atoms with Crippen molar-refractivity contribution in [2.75, 3.05) is 6.54 Å². The van der Waals surface area contributed by atoms with Gasteiger partial charge in [-0.3, -0.25) is 0 Å². The maximum atomic E-state index is 5.43. The van der Waals surface area contributed by atoms with Crippen molar-refractivity contribution in [1.29, 1.82) is 0 Å². The average Bonchev–Trinajstić information content (AvgIpc) is 2.75. The Morgan fingerprint density at radius 1 is 1.31 bits per heavy atom. The summed E-state index contributed by atoms with van der Waals surface area (Å²) in [6, 6.07) is 8.24. The maximum Gasteiger partial charge on any atom is 0.181 e. The fourth-order valence-electron chi connectivity index (χ4n) is 1.47. The Kier molecular flexibility index (Phi) is 3.95. The van der Waals surface area contributed by atoms with Crippen LogP contribution in [0.3, 0.4) is 0 Å². The monoisotopic (exact) mass is 328 g/mol. The molecule has 0 fully saturated rings. The molecule has 1 aromatic carbocycles. The number of benzene rings is 1. The van der Waals surface area contributed by atoms with Crippen LogP contribution >= 0.6 is 22.6 Å². The molecule has 0 radical (unpaired) electrons. The number of aromatic nitrogens is 1. The molecule has 0 aliphatic heterocycles. The van der Waals surface area contributed by atoms with Gasteiger partial charge in [-0.05, 0) is 41.3 Å². The summed E-state index contributed by atoms with van der Waals surface area (Å²) < 4.78 is 6.65. The van der Waals surface area contributed by atoms with Crippen LogP contribution in [0.4, 0.5) is 0 Å². The smallest absolute Gasteiger partial charge is 0.181 e. The van der Waals surface area contributed by atoms with Gasteiger partial charge in [0, 0.05) is 15.7 Å². The van der Waals surface area contributed by atoms with Gasteiger partial charge in [-0.15, -0.1) is 0 Å². The van der Waals surface area contributed by atoms with Gasteiger partial charge >= 0.3 is 0 Å². The van der Waals surface area contributed by atoms with E-state index >= 15 is 0 Å². The summed E-state index contributed by atoms with van der Waals surface area (Å²) in [5, 5.41) is 3.25. The molecule has 2 rings (SSSR count). The molecule has 1 aromatic heterocycles. The summed E-state index contributed by atoms with van der Waals surface area (Å²) in [5.41, 5.74) is 2.04. The second kappa shape index (κ2) is 5.45. The Bertz CT molecular complexity index is 450. The van der Waals surface area contributed by atoms with Crippen molar-refractivity contribution in [2.24, 2.45) is 0 Å². The molecule has 3 nitrogen and oxygen atoms in total. The van der Waals surface area contributed by atoms with Crippen molar-refractivity contribution < 1.29 is 4.42 Å². The third-order valence-electron chi connectivity index (χ3n) is 2.29. The van der Waals surface area contributed by atoms with Crippen molar-refractivity contribution in [3.63, 3.8) is 0 Å². The summed E-state index contributed by atoms with van der Waals surface area (Å²) in [7, 11) is 0. The summed E-state index contributed by atoms with van der Waals surface area (Å²) in [6.07, 6.45) is 1.50. The fourth-order valence-corrected chi connectivity index (χ4v) is 1.83. The highest BCUT2D eigenvalue weighted by Crippen LogP contribution is 2.23. The average molecular weight is 328 g/mol. The van der Waals surface area contributed by atoms with Crippen LogP contribution in [-0.2, 0) is 6.54 Å². The molecule has 1 heterocycles. The molecule has 0 saturated carbocycles. The van der Waals surface area contributed by atoms with E-state index in [1.807, 2.05) is 0 Å². The van der Waals surface area contributed by atoms with Crippen molar-refractivity contribution in [2.45, 2.75) is 13.5 Å². The molecule has 0 aliphatic carbocycles. The minimum atomic E-state index is 0.744. The van der Waals surface area contributed by atoms with E-state index < -0.39 is 0 Å². The summed E-state index contributed by atoms with van der Waals surface area (Å²) in [4.78, 5) is 4.22. The van der Waals surface area contributed by atoms with E-state index in [0.717, 1.165) is 30.1 Å². The van der Waals surface area contributed by atoms with Crippen LogP contribution in [0, 0.1) is 3.57 Å². The van der Waals surface area contributed by atoms with Crippen molar-refractivity contribution >= 4 is 22.6 Å². The molecule has 1 N–H and O–H groups in total. The van der Waals surface area contributed by atoms with Crippen LogP contribution in [0.25, 0.3) is 11.3 Å². The highest BCUT2D eigenvalue weighted by atomic mass is 127. The number of nitrogens with one attached hydrogen (secondary N) is 1. The number of nitrogens with zero attached hydrogens (tertiary/aromatic N) is 1. The van der Waals surface area contributed by atoms with E-state index in [2.05, 4.69) is 64.1 Å². The van der Waals surface area contributed by atoms with Gasteiger partial charge in [-0.2, -0.15) is 0 Å². The molecule has 16 heavy (non-hydrogen) atoms. The molecular weight excluding hydrogens is 315 g/mol. The third-order valence-corrected chi connectivity index (χ3v) is 3.01. The van der Waals surface area contributed by atoms with Gasteiger partial charge in [0.05, 0.1) is 0 Å². The molecule has 84 valence electrons. The number of oxazole rings is 1. The highest BCUT2D eigenvalue weighted by Gasteiger charge is 2.09. The number of hydrogen-bond acceptors (Lipinski definition) is 3. The van der Waals surface area contributed by atoms with Gasteiger partial charge in [0.2, 0.25) is 0 Å². The Morgan fingerprint density at radius 2 is 2.06 bits per heavy atom. The summed E-state index contributed by atoms with van der Waals surface area (Å²) >= 11 is 2.29. The second-order valence-corrected chi connectivity index (χ2v) is 4.66. The van der Waals surface area contributed by atoms with Crippen molar-refractivity contribution in [1.82, 2.24) is 10.3 Å². The first kappa shape index (κ1) is 11.6. The number of hydrogen-bond donors (Lipinski definition) is 1. The highest BCUT2D eigenvalue weighted by molar-refractivity contribution is 14.1. The van der Waals surface area contributed by atoms with E-state index in [9.17, 15) is 0 Å². The molecule has 0 saturated heterocycles. The lowest BCUT2D eigenvalue weighted by Crippen LogP contribution is -2.12. The number of halogens is 1. The van der Waals surface area contributed by atoms with Gasteiger partial charge < -0.3 is 9.73 Å². The standard InChI is InChI=1S/C12H13IN2O/c1-2-14-7-11-12(16-8-15-11)9-3-5-10(13)6-4-9/h3-6,8,14H,2,7H2,1H3. The van der Waals surface area contributed by atoms with Crippen LogP contribution in [0.1, 0.15) is 12.6 Å². The summed E-state index contributed by atoms with van der Waals surface area (Å²) in [5.74, 6) is 0.859. The zero-order chi connectivity index (χ0) is 11.4. The topological polar surface area (TPSA) is 38.1 Å². The van der Waals surface area contributed by atoms with Crippen LogP contribution in [-0.4, -0.2) is 11.5 Å². The Morgan fingerprint density at radius 3 is 2.75 bits per heavy atom. The van der Waals surface area contributed by atoms with E-state index in [0.29, 0.717) is 0 Å². The third kappa shape index (κ3) is 2.62.